The van der Waals surface area contributed by atoms with Crippen molar-refractivity contribution >= 4 is 17.6 Å². The molecule has 7 heteroatoms. The molecule has 0 aromatic heterocycles. The summed E-state index contributed by atoms with van der Waals surface area (Å²) in [6.45, 7) is 4.86. The Morgan fingerprint density at radius 1 is 1.17 bits per heavy atom. The van der Waals surface area contributed by atoms with Gasteiger partial charge in [-0.1, -0.05) is 18.2 Å². The van der Waals surface area contributed by atoms with Crippen molar-refractivity contribution < 1.29 is 14.6 Å². The quantitative estimate of drug-likeness (QED) is 0.460. The van der Waals surface area contributed by atoms with E-state index in [1.807, 2.05) is 48.2 Å². The van der Waals surface area contributed by atoms with Gasteiger partial charge in [0, 0.05) is 31.7 Å². The number of guanidine groups is 1. The van der Waals surface area contributed by atoms with Crippen LogP contribution in [0, 0.1) is 0 Å². The highest BCUT2D eigenvalue weighted by atomic mass is 16.5. The van der Waals surface area contributed by atoms with Gasteiger partial charge in [0.1, 0.15) is 0 Å². The molecule has 2 aromatic carbocycles. The van der Waals surface area contributed by atoms with Crippen LogP contribution < -0.4 is 20.3 Å². The molecule has 0 unspecified atom stereocenters. The first-order chi connectivity index (χ1) is 14.6. The second-order valence-corrected chi connectivity index (χ2v) is 7.19. The molecule has 3 rings (SSSR count). The Bertz CT molecular complexity index is 881. The normalized spacial score (nSPS) is 14.1. The standard InChI is InChI=1S/C23H30N4O3/c1-3-24-23(25-13-12-17-8-11-20(28)21(15-17)30-2)26-16-18-6-9-19(10-7-18)27-14-4-5-22(27)29/h6-11,15,28H,3-5,12-14,16H2,1-2H3,(H2,24,25,26). The number of aliphatic imine (C=N–C) groups is 1. The molecule has 1 fully saturated rings. The number of phenolic OH excluding ortho intramolecular Hbond substituents is 1. The van der Waals surface area contributed by atoms with E-state index in [-0.39, 0.29) is 11.7 Å². The molecule has 1 saturated heterocycles. The third-order valence-electron chi connectivity index (χ3n) is 5.04. The lowest BCUT2D eigenvalue weighted by atomic mass is 10.1. The third-order valence-corrected chi connectivity index (χ3v) is 5.04. The maximum atomic E-state index is 11.9. The van der Waals surface area contributed by atoms with Crippen LogP contribution in [-0.2, 0) is 17.8 Å². The maximum absolute atomic E-state index is 11.9. The number of nitrogens with one attached hydrogen (secondary N) is 2. The van der Waals surface area contributed by atoms with Crippen molar-refractivity contribution in [1.82, 2.24) is 10.6 Å². The van der Waals surface area contributed by atoms with Crippen molar-refractivity contribution in [2.75, 3.05) is 31.6 Å². The average molecular weight is 411 g/mol. The molecule has 2 aromatic rings. The second kappa shape index (κ2) is 10.5. The molecule has 1 amide bonds. The fraction of sp³-hybridized carbons (Fsp3) is 0.391. The minimum atomic E-state index is 0.143. The predicted molar refractivity (Wildman–Crippen MR) is 119 cm³/mol. The molecule has 0 bridgehead atoms. The molecule has 0 spiro atoms. The van der Waals surface area contributed by atoms with Gasteiger partial charge in [-0.15, -0.1) is 0 Å². The van der Waals surface area contributed by atoms with Gasteiger partial charge in [-0.3, -0.25) is 4.79 Å². The second-order valence-electron chi connectivity index (χ2n) is 7.19. The Labute approximate surface area is 177 Å². The van der Waals surface area contributed by atoms with Crippen LogP contribution in [0.4, 0.5) is 5.69 Å². The van der Waals surface area contributed by atoms with Crippen LogP contribution >= 0.6 is 0 Å². The van der Waals surface area contributed by atoms with Crippen molar-refractivity contribution in [1.29, 1.82) is 0 Å². The molecule has 0 aliphatic carbocycles. The van der Waals surface area contributed by atoms with Crippen molar-refractivity contribution in [2.24, 2.45) is 4.99 Å². The molecule has 1 heterocycles. The first kappa shape index (κ1) is 21.5. The van der Waals surface area contributed by atoms with Crippen molar-refractivity contribution in [2.45, 2.75) is 32.7 Å². The highest BCUT2D eigenvalue weighted by molar-refractivity contribution is 5.95. The van der Waals surface area contributed by atoms with Crippen molar-refractivity contribution in [3.05, 3.63) is 53.6 Å². The van der Waals surface area contributed by atoms with Crippen LogP contribution in [0.5, 0.6) is 11.5 Å². The number of phenols is 1. The summed E-state index contributed by atoms with van der Waals surface area (Å²) in [5.41, 5.74) is 3.12. The number of methoxy groups -OCH3 is 1. The minimum absolute atomic E-state index is 0.143. The van der Waals surface area contributed by atoms with E-state index in [9.17, 15) is 9.90 Å². The van der Waals surface area contributed by atoms with Gasteiger partial charge >= 0.3 is 0 Å². The fourth-order valence-electron chi connectivity index (χ4n) is 3.42. The number of amides is 1. The fourth-order valence-corrected chi connectivity index (χ4v) is 3.42. The van der Waals surface area contributed by atoms with Gasteiger partial charge in [-0.25, -0.2) is 4.99 Å². The summed E-state index contributed by atoms with van der Waals surface area (Å²) < 4.78 is 5.16. The summed E-state index contributed by atoms with van der Waals surface area (Å²) in [6, 6.07) is 13.4. The van der Waals surface area contributed by atoms with Crippen LogP contribution in [0.15, 0.2) is 47.5 Å². The highest BCUT2D eigenvalue weighted by Crippen LogP contribution is 2.26. The summed E-state index contributed by atoms with van der Waals surface area (Å²) in [6.07, 6.45) is 2.35. The monoisotopic (exact) mass is 410 g/mol. The van der Waals surface area contributed by atoms with E-state index in [0.29, 0.717) is 25.3 Å². The number of rotatable bonds is 8. The number of carbonyl (C=O) groups excluding carboxylic acids is 1. The lowest BCUT2D eigenvalue weighted by Crippen LogP contribution is -2.38. The van der Waals surface area contributed by atoms with Gasteiger partial charge in [0.2, 0.25) is 5.91 Å². The number of hydrogen-bond acceptors (Lipinski definition) is 4. The van der Waals surface area contributed by atoms with Crippen molar-refractivity contribution in [3.63, 3.8) is 0 Å². The van der Waals surface area contributed by atoms with Gasteiger partial charge in [0.25, 0.3) is 0 Å². The molecule has 0 radical (unpaired) electrons. The molecule has 7 nitrogen and oxygen atoms in total. The number of ether oxygens (including phenoxy) is 1. The number of anilines is 1. The van der Waals surface area contributed by atoms with E-state index in [0.717, 1.165) is 48.7 Å². The number of hydrogen-bond donors (Lipinski definition) is 3. The maximum Gasteiger partial charge on any atom is 0.227 e. The van der Waals surface area contributed by atoms with Gasteiger partial charge in [-0.05, 0) is 55.2 Å². The van der Waals surface area contributed by atoms with E-state index in [1.54, 1.807) is 13.2 Å². The Morgan fingerprint density at radius 3 is 2.60 bits per heavy atom. The van der Waals surface area contributed by atoms with Crippen LogP contribution in [0.25, 0.3) is 0 Å². The van der Waals surface area contributed by atoms with Gasteiger partial charge in [-0.2, -0.15) is 0 Å². The molecule has 30 heavy (non-hydrogen) atoms. The van der Waals surface area contributed by atoms with E-state index >= 15 is 0 Å². The zero-order valence-corrected chi connectivity index (χ0v) is 17.6. The molecule has 160 valence electrons. The smallest absolute Gasteiger partial charge is 0.227 e. The Balaban J connectivity index is 1.54. The Hall–Kier alpha value is -3.22. The van der Waals surface area contributed by atoms with E-state index in [1.165, 1.54) is 0 Å². The number of carbonyl (C=O) groups is 1. The molecular weight excluding hydrogens is 380 g/mol. The van der Waals surface area contributed by atoms with E-state index < -0.39 is 0 Å². The number of nitrogens with zero attached hydrogens (tertiary/aromatic N) is 2. The molecule has 1 aliphatic heterocycles. The zero-order chi connectivity index (χ0) is 21.3. The Morgan fingerprint density at radius 2 is 1.93 bits per heavy atom. The lowest BCUT2D eigenvalue weighted by molar-refractivity contribution is -0.117. The third kappa shape index (κ3) is 5.65. The molecule has 3 N–H and O–H groups in total. The molecule has 0 saturated carbocycles. The number of aromatic hydroxyl groups is 1. The molecule has 0 atom stereocenters. The topological polar surface area (TPSA) is 86.2 Å². The summed E-state index contributed by atoms with van der Waals surface area (Å²) in [5.74, 6) is 1.57. The lowest BCUT2D eigenvalue weighted by Gasteiger charge is -2.16. The SMILES string of the molecule is CCNC(=NCc1ccc(N2CCCC2=O)cc1)NCCc1ccc(O)c(OC)c1. The predicted octanol–water partition coefficient (Wildman–Crippen LogP) is 2.83. The Kier molecular flexibility index (Phi) is 7.54. The molecular formula is C23H30N4O3. The van der Waals surface area contributed by atoms with Crippen LogP contribution in [0.3, 0.4) is 0 Å². The first-order valence-corrected chi connectivity index (χ1v) is 10.4. The van der Waals surface area contributed by atoms with E-state index in [4.69, 9.17) is 4.74 Å². The average Bonchev–Trinajstić information content (AvgIpc) is 3.19. The summed E-state index contributed by atoms with van der Waals surface area (Å²) in [7, 11) is 1.54. The van der Waals surface area contributed by atoms with Crippen LogP contribution in [0.1, 0.15) is 30.9 Å². The van der Waals surface area contributed by atoms with Gasteiger partial charge in [0.05, 0.1) is 13.7 Å². The summed E-state index contributed by atoms with van der Waals surface area (Å²) in [4.78, 5) is 18.4. The summed E-state index contributed by atoms with van der Waals surface area (Å²) in [5, 5.41) is 16.3. The zero-order valence-electron chi connectivity index (χ0n) is 17.6. The number of benzene rings is 2. The minimum Gasteiger partial charge on any atom is -0.504 e. The highest BCUT2D eigenvalue weighted by Gasteiger charge is 2.21. The largest absolute Gasteiger partial charge is 0.504 e. The van der Waals surface area contributed by atoms with Gasteiger partial charge in [0.15, 0.2) is 17.5 Å². The first-order valence-electron chi connectivity index (χ1n) is 10.4. The molecule has 1 aliphatic rings. The van der Waals surface area contributed by atoms with Crippen LogP contribution in [0.2, 0.25) is 0 Å². The van der Waals surface area contributed by atoms with Crippen LogP contribution in [-0.4, -0.2) is 43.7 Å². The van der Waals surface area contributed by atoms with Crippen molar-refractivity contribution in [3.8, 4) is 11.5 Å². The van der Waals surface area contributed by atoms with Gasteiger partial charge < -0.3 is 25.4 Å². The summed E-state index contributed by atoms with van der Waals surface area (Å²) >= 11 is 0. The van der Waals surface area contributed by atoms with E-state index in [2.05, 4.69) is 15.6 Å².